The molecule has 0 amide bonds. The lowest BCUT2D eigenvalue weighted by molar-refractivity contribution is 0.810. The number of nitrogens with one attached hydrogen (secondary N) is 2. The molecule has 0 fully saturated rings. The minimum Gasteiger partial charge on any atom is -0.300 e. The Balaban J connectivity index is 2.50. The van der Waals surface area contributed by atoms with Gasteiger partial charge in [0.15, 0.2) is 5.82 Å². The Morgan fingerprint density at radius 2 is 2.36 bits per heavy atom. The van der Waals surface area contributed by atoms with Crippen LogP contribution >= 0.6 is 0 Å². The second-order valence-electron chi connectivity index (χ2n) is 2.68. The summed E-state index contributed by atoms with van der Waals surface area (Å²) < 4.78 is 0. The fourth-order valence-corrected chi connectivity index (χ4v) is 1.12. The van der Waals surface area contributed by atoms with E-state index in [0.717, 1.165) is 17.1 Å². The molecule has 0 bridgehead atoms. The van der Waals surface area contributed by atoms with E-state index in [-0.39, 0.29) is 0 Å². The van der Waals surface area contributed by atoms with Crippen LogP contribution in [0.25, 0.3) is 0 Å². The van der Waals surface area contributed by atoms with E-state index in [1.54, 1.807) is 0 Å². The van der Waals surface area contributed by atoms with Crippen molar-refractivity contribution >= 4 is 11.5 Å². The van der Waals surface area contributed by atoms with Gasteiger partial charge in [-0.05, 0) is 18.6 Å². The highest BCUT2D eigenvalue weighted by Gasteiger charge is 2.14. The van der Waals surface area contributed by atoms with Crippen molar-refractivity contribution in [1.29, 1.82) is 0 Å². The van der Waals surface area contributed by atoms with E-state index in [9.17, 15) is 0 Å². The number of aromatic nitrogens is 1. The molecular weight excluding hydrogens is 140 g/mol. The van der Waals surface area contributed by atoms with E-state index < -0.39 is 0 Å². The lowest BCUT2D eigenvalue weighted by Gasteiger charge is -2.07. The minimum absolute atomic E-state index is 0.940. The summed E-state index contributed by atoms with van der Waals surface area (Å²) in [6, 6.07) is 2.05. The van der Waals surface area contributed by atoms with Crippen LogP contribution in [0.2, 0.25) is 0 Å². The fraction of sp³-hybridized carbons (Fsp3) is 0.286. The Labute approximate surface area is 65.2 Å². The van der Waals surface area contributed by atoms with Gasteiger partial charge in [-0.1, -0.05) is 0 Å². The van der Waals surface area contributed by atoms with Gasteiger partial charge in [-0.3, -0.25) is 5.01 Å². The molecule has 0 unspecified atom stereocenters. The van der Waals surface area contributed by atoms with E-state index in [1.807, 2.05) is 25.2 Å². The van der Waals surface area contributed by atoms with Crippen LogP contribution < -0.4 is 16.0 Å². The topological polar surface area (TPSA) is 40.2 Å². The summed E-state index contributed by atoms with van der Waals surface area (Å²) in [5.74, 6) is 0.940. The predicted octanol–water partition coefficient (Wildman–Crippen LogP) is 0.671. The molecule has 4 heteroatoms. The van der Waals surface area contributed by atoms with Gasteiger partial charge in [0, 0.05) is 13.2 Å². The van der Waals surface area contributed by atoms with E-state index in [2.05, 4.69) is 22.0 Å². The van der Waals surface area contributed by atoms with Crippen molar-refractivity contribution in [2.24, 2.45) is 0 Å². The van der Waals surface area contributed by atoms with E-state index in [4.69, 9.17) is 0 Å². The number of rotatable bonds is 0. The summed E-state index contributed by atoms with van der Waals surface area (Å²) in [6.07, 6.45) is 1.85. The highest BCUT2D eigenvalue weighted by atomic mass is 15.7. The lowest BCUT2D eigenvalue weighted by atomic mass is 10.3. The molecule has 4 nitrogen and oxygen atoms in total. The molecule has 0 aromatic carbocycles. The third-order valence-electron chi connectivity index (χ3n) is 1.68. The van der Waals surface area contributed by atoms with Crippen LogP contribution in [-0.2, 0) is 0 Å². The first-order valence-electron chi connectivity index (χ1n) is 3.49. The predicted molar refractivity (Wildman–Crippen MR) is 44.1 cm³/mol. The molecule has 0 atom stereocenters. The van der Waals surface area contributed by atoms with Gasteiger partial charge in [-0.15, -0.1) is 5.53 Å². The van der Waals surface area contributed by atoms with Crippen molar-refractivity contribution in [1.82, 2.24) is 10.5 Å². The molecule has 1 aromatic heterocycles. The van der Waals surface area contributed by atoms with Gasteiger partial charge in [-0.2, -0.15) is 0 Å². The maximum Gasteiger partial charge on any atom is 0.168 e. The summed E-state index contributed by atoms with van der Waals surface area (Å²) in [4.78, 5) is 4.24. The molecule has 1 aliphatic heterocycles. The largest absolute Gasteiger partial charge is 0.300 e. The van der Waals surface area contributed by atoms with Gasteiger partial charge in [0.05, 0.1) is 5.69 Å². The normalized spacial score (nSPS) is 14.5. The average Bonchev–Trinajstić information content (AvgIpc) is 2.32. The SMILES string of the molecule is Cc1cnc2c(c1)NNN2C. The van der Waals surface area contributed by atoms with Crippen LogP contribution in [0.15, 0.2) is 12.3 Å². The Bertz CT molecular complexity index is 284. The standard InChI is InChI=1S/C7H10N4/c1-5-3-6-7(8-4-5)11(2)10-9-6/h3-4,9-10H,1-2H3. The van der Waals surface area contributed by atoms with Crippen molar-refractivity contribution in [2.45, 2.75) is 6.92 Å². The van der Waals surface area contributed by atoms with Crippen molar-refractivity contribution in [2.75, 3.05) is 17.5 Å². The summed E-state index contributed by atoms with van der Waals surface area (Å²) in [7, 11) is 1.92. The Morgan fingerprint density at radius 3 is 3.18 bits per heavy atom. The van der Waals surface area contributed by atoms with Crippen LogP contribution in [0.4, 0.5) is 11.5 Å². The molecule has 2 N–H and O–H groups in total. The first-order valence-corrected chi connectivity index (χ1v) is 3.49. The van der Waals surface area contributed by atoms with Gasteiger partial charge >= 0.3 is 0 Å². The molecule has 2 heterocycles. The number of anilines is 2. The maximum atomic E-state index is 4.24. The third kappa shape index (κ3) is 0.914. The Morgan fingerprint density at radius 1 is 1.55 bits per heavy atom. The number of hydrogen-bond donors (Lipinski definition) is 2. The van der Waals surface area contributed by atoms with Gasteiger partial charge in [0.2, 0.25) is 0 Å². The monoisotopic (exact) mass is 150 g/mol. The van der Waals surface area contributed by atoms with Gasteiger partial charge in [0.1, 0.15) is 0 Å². The molecule has 0 saturated heterocycles. The van der Waals surface area contributed by atoms with Crippen LogP contribution in [-0.4, -0.2) is 12.0 Å². The zero-order chi connectivity index (χ0) is 7.84. The first kappa shape index (κ1) is 6.42. The molecule has 2 rings (SSSR count). The smallest absolute Gasteiger partial charge is 0.168 e. The molecule has 0 saturated carbocycles. The number of hydrazine groups is 2. The zero-order valence-corrected chi connectivity index (χ0v) is 6.55. The quantitative estimate of drug-likeness (QED) is 0.570. The highest BCUT2D eigenvalue weighted by molar-refractivity contribution is 5.68. The van der Waals surface area contributed by atoms with Crippen LogP contribution in [0, 0.1) is 6.92 Å². The number of pyridine rings is 1. The highest BCUT2D eigenvalue weighted by Crippen LogP contribution is 2.24. The van der Waals surface area contributed by atoms with Gasteiger partial charge in [0.25, 0.3) is 0 Å². The summed E-state index contributed by atoms with van der Waals surface area (Å²) in [5.41, 5.74) is 8.13. The van der Waals surface area contributed by atoms with E-state index >= 15 is 0 Å². The van der Waals surface area contributed by atoms with E-state index in [1.165, 1.54) is 0 Å². The maximum absolute atomic E-state index is 4.24. The lowest BCUT2D eigenvalue weighted by Crippen LogP contribution is -2.32. The first-order chi connectivity index (χ1) is 5.27. The molecule has 58 valence electrons. The molecule has 0 spiro atoms. The average molecular weight is 150 g/mol. The minimum atomic E-state index is 0.940. The van der Waals surface area contributed by atoms with Crippen LogP contribution in [0.5, 0.6) is 0 Å². The number of aryl methyl sites for hydroxylation is 1. The zero-order valence-electron chi connectivity index (χ0n) is 6.55. The van der Waals surface area contributed by atoms with Gasteiger partial charge < -0.3 is 5.43 Å². The molecular formula is C7H10N4. The second kappa shape index (κ2) is 2.10. The molecule has 11 heavy (non-hydrogen) atoms. The van der Waals surface area contributed by atoms with Crippen molar-refractivity contribution < 1.29 is 0 Å². The molecule has 0 aliphatic carbocycles. The molecule has 0 radical (unpaired) electrons. The molecule has 1 aromatic rings. The third-order valence-corrected chi connectivity index (χ3v) is 1.68. The molecule has 1 aliphatic rings. The van der Waals surface area contributed by atoms with Gasteiger partial charge in [-0.25, -0.2) is 4.98 Å². The van der Waals surface area contributed by atoms with Crippen molar-refractivity contribution in [3.63, 3.8) is 0 Å². The second-order valence-corrected chi connectivity index (χ2v) is 2.68. The van der Waals surface area contributed by atoms with Crippen molar-refractivity contribution in [3.8, 4) is 0 Å². The Hall–Kier alpha value is -1.29. The number of fused-ring (bicyclic) bond motifs is 1. The number of nitrogens with zero attached hydrogens (tertiary/aromatic N) is 2. The number of hydrogen-bond acceptors (Lipinski definition) is 4. The summed E-state index contributed by atoms with van der Waals surface area (Å²) >= 11 is 0. The fourth-order valence-electron chi connectivity index (χ4n) is 1.12. The van der Waals surface area contributed by atoms with Crippen LogP contribution in [0.1, 0.15) is 5.56 Å². The Kier molecular flexibility index (Phi) is 1.22. The van der Waals surface area contributed by atoms with E-state index in [0.29, 0.717) is 0 Å². The van der Waals surface area contributed by atoms with Crippen molar-refractivity contribution in [3.05, 3.63) is 17.8 Å². The summed E-state index contributed by atoms with van der Waals surface area (Å²) in [6.45, 7) is 2.02. The van der Waals surface area contributed by atoms with Crippen LogP contribution in [0.3, 0.4) is 0 Å². The summed E-state index contributed by atoms with van der Waals surface area (Å²) in [5, 5.41) is 1.84.